The molecule has 0 unspecified atom stereocenters. The molecule has 0 bridgehead atoms. The molecule has 1 amide bonds. The van der Waals surface area contributed by atoms with E-state index in [1.807, 2.05) is 14.8 Å². The molecule has 3 aromatic rings. The van der Waals surface area contributed by atoms with E-state index in [0.717, 1.165) is 61.6 Å². The standard InChI is InChI=1S/C23H27N5O3S/c1-15-13-28-19(24-22(15)26-7-4-5-8-26)12-16(25-28)17-6-2-3-9-27(17)23(29)21-20-18(14-32-21)30-10-11-31-20/h12-14,17H,2-11H2,1H3/t17-/m0/s1. The van der Waals surface area contributed by atoms with Crippen molar-refractivity contribution in [1.82, 2.24) is 19.5 Å². The molecule has 3 aromatic heterocycles. The highest BCUT2D eigenvalue weighted by atomic mass is 32.1. The van der Waals surface area contributed by atoms with Crippen LogP contribution in [0, 0.1) is 6.92 Å². The van der Waals surface area contributed by atoms with E-state index in [1.165, 1.54) is 24.2 Å². The van der Waals surface area contributed by atoms with Crippen molar-refractivity contribution in [3.63, 3.8) is 0 Å². The number of carbonyl (C=O) groups is 1. The molecule has 0 aromatic carbocycles. The van der Waals surface area contributed by atoms with Crippen LogP contribution in [-0.2, 0) is 0 Å². The third kappa shape index (κ3) is 3.30. The summed E-state index contributed by atoms with van der Waals surface area (Å²) in [6.07, 6.45) is 7.48. The van der Waals surface area contributed by atoms with Gasteiger partial charge in [-0.25, -0.2) is 9.50 Å². The first kappa shape index (κ1) is 19.8. The SMILES string of the molecule is Cc1cn2nc([C@@H]3CCCCN3C(=O)c3scc4c3OCCO4)cc2nc1N1CCCC1. The van der Waals surface area contributed by atoms with Crippen molar-refractivity contribution in [1.29, 1.82) is 0 Å². The molecule has 3 aliphatic rings. The molecule has 0 N–H and O–H groups in total. The van der Waals surface area contributed by atoms with Gasteiger partial charge in [-0.05, 0) is 39.0 Å². The van der Waals surface area contributed by atoms with Crippen molar-refractivity contribution in [3.05, 3.63) is 33.8 Å². The quantitative estimate of drug-likeness (QED) is 0.600. The number of piperidine rings is 1. The Balaban J connectivity index is 1.33. The molecule has 168 valence electrons. The minimum atomic E-state index is -0.0595. The van der Waals surface area contributed by atoms with Crippen molar-refractivity contribution >= 4 is 28.7 Å². The Labute approximate surface area is 190 Å². The van der Waals surface area contributed by atoms with Crippen LogP contribution in [0.5, 0.6) is 11.5 Å². The van der Waals surface area contributed by atoms with Crippen LogP contribution in [0.15, 0.2) is 17.6 Å². The maximum absolute atomic E-state index is 13.6. The maximum Gasteiger partial charge on any atom is 0.268 e. The van der Waals surface area contributed by atoms with E-state index in [-0.39, 0.29) is 11.9 Å². The van der Waals surface area contributed by atoms with E-state index in [4.69, 9.17) is 19.6 Å². The second kappa shape index (κ2) is 7.95. The molecule has 2 saturated heterocycles. The van der Waals surface area contributed by atoms with Crippen LogP contribution in [-0.4, -0.2) is 58.3 Å². The molecule has 0 aliphatic carbocycles. The van der Waals surface area contributed by atoms with Crippen LogP contribution in [0.25, 0.3) is 5.65 Å². The number of carbonyl (C=O) groups excluding carboxylic acids is 1. The van der Waals surface area contributed by atoms with Gasteiger partial charge < -0.3 is 19.3 Å². The highest BCUT2D eigenvalue weighted by Gasteiger charge is 2.34. The van der Waals surface area contributed by atoms with Gasteiger partial charge in [0.15, 0.2) is 17.1 Å². The molecule has 6 rings (SSSR count). The lowest BCUT2D eigenvalue weighted by atomic mass is 9.99. The molecule has 8 nitrogen and oxygen atoms in total. The molecule has 0 saturated carbocycles. The van der Waals surface area contributed by atoms with Crippen molar-refractivity contribution in [2.45, 2.75) is 45.1 Å². The number of likely N-dealkylation sites (tertiary alicyclic amines) is 1. The van der Waals surface area contributed by atoms with Crippen molar-refractivity contribution in [3.8, 4) is 11.5 Å². The maximum atomic E-state index is 13.6. The van der Waals surface area contributed by atoms with E-state index in [9.17, 15) is 4.79 Å². The summed E-state index contributed by atoms with van der Waals surface area (Å²) in [4.78, 5) is 23.4. The number of hydrogen-bond donors (Lipinski definition) is 0. The summed E-state index contributed by atoms with van der Waals surface area (Å²) in [5.74, 6) is 2.34. The molecule has 9 heteroatoms. The minimum absolute atomic E-state index is 0.00500. The summed E-state index contributed by atoms with van der Waals surface area (Å²) in [7, 11) is 0. The van der Waals surface area contributed by atoms with E-state index < -0.39 is 0 Å². The second-order valence-corrected chi connectivity index (χ2v) is 9.66. The van der Waals surface area contributed by atoms with Gasteiger partial charge in [0.05, 0.1) is 11.7 Å². The predicted octanol–water partition coefficient (Wildman–Crippen LogP) is 3.84. The Bertz CT molecular complexity index is 1170. The topological polar surface area (TPSA) is 72.2 Å². The number of ether oxygens (including phenoxy) is 2. The molecular formula is C23H27N5O3S. The molecule has 0 spiro atoms. The summed E-state index contributed by atoms with van der Waals surface area (Å²) in [6, 6.07) is 1.99. The second-order valence-electron chi connectivity index (χ2n) is 8.78. The zero-order valence-corrected chi connectivity index (χ0v) is 19.1. The number of anilines is 1. The Morgan fingerprint density at radius 1 is 1.12 bits per heavy atom. The Morgan fingerprint density at radius 3 is 2.81 bits per heavy atom. The lowest BCUT2D eigenvalue weighted by Gasteiger charge is -2.34. The van der Waals surface area contributed by atoms with E-state index >= 15 is 0 Å². The van der Waals surface area contributed by atoms with Crippen molar-refractivity contribution in [2.24, 2.45) is 0 Å². The van der Waals surface area contributed by atoms with Crippen LogP contribution >= 0.6 is 11.3 Å². The van der Waals surface area contributed by atoms with Gasteiger partial charge >= 0.3 is 0 Å². The average Bonchev–Trinajstić information content (AvgIpc) is 3.57. The predicted molar refractivity (Wildman–Crippen MR) is 122 cm³/mol. The number of nitrogens with zero attached hydrogens (tertiary/aromatic N) is 5. The van der Waals surface area contributed by atoms with Gasteiger partial charge in [-0.1, -0.05) is 0 Å². The highest BCUT2D eigenvalue weighted by molar-refractivity contribution is 7.12. The fourth-order valence-corrected chi connectivity index (χ4v) is 5.94. The molecule has 2 fully saturated rings. The zero-order valence-electron chi connectivity index (χ0n) is 18.2. The van der Waals surface area contributed by atoms with Crippen LogP contribution in [0.4, 0.5) is 5.82 Å². The first-order valence-corrected chi connectivity index (χ1v) is 12.4. The van der Waals surface area contributed by atoms with Gasteiger partial charge in [-0.15, -0.1) is 11.3 Å². The molecule has 1 atom stereocenters. The third-order valence-electron chi connectivity index (χ3n) is 6.63. The van der Waals surface area contributed by atoms with Crippen LogP contribution in [0.1, 0.15) is 59.1 Å². The van der Waals surface area contributed by atoms with Crippen molar-refractivity contribution in [2.75, 3.05) is 37.7 Å². The van der Waals surface area contributed by atoms with E-state index in [2.05, 4.69) is 24.1 Å². The van der Waals surface area contributed by atoms with Crippen LogP contribution in [0.2, 0.25) is 0 Å². The Hall–Kier alpha value is -2.81. The number of hydrogen-bond acceptors (Lipinski definition) is 7. The van der Waals surface area contributed by atoms with Crippen LogP contribution in [0.3, 0.4) is 0 Å². The summed E-state index contributed by atoms with van der Waals surface area (Å²) >= 11 is 1.40. The normalized spacial score (nSPS) is 20.8. The van der Waals surface area contributed by atoms with Gasteiger partial charge in [0, 0.05) is 42.8 Å². The van der Waals surface area contributed by atoms with Gasteiger partial charge in [0.25, 0.3) is 5.91 Å². The molecule has 0 radical (unpaired) electrons. The summed E-state index contributed by atoms with van der Waals surface area (Å²) in [6.45, 7) is 5.94. The first-order chi connectivity index (χ1) is 15.7. The van der Waals surface area contributed by atoms with Crippen molar-refractivity contribution < 1.29 is 14.3 Å². The monoisotopic (exact) mass is 453 g/mol. The summed E-state index contributed by atoms with van der Waals surface area (Å²) in [5, 5.41) is 6.73. The largest absolute Gasteiger partial charge is 0.485 e. The number of amides is 1. The van der Waals surface area contributed by atoms with E-state index in [1.54, 1.807) is 0 Å². The molecule has 6 heterocycles. The minimum Gasteiger partial charge on any atom is -0.485 e. The Kier molecular flexibility index (Phi) is 4.93. The lowest BCUT2D eigenvalue weighted by Crippen LogP contribution is -2.38. The van der Waals surface area contributed by atoms with Crippen LogP contribution < -0.4 is 14.4 Å². The number of aryl methyl sites for hydroxylation is 1. The number of rotatable bonds is 3. The third-order valence-corrected chi connectivity index (χ3v) is 7.56. The van der Waals surface area contributed by atoms with E-state index in [0.29, 0.717) is 29.6 Å². The molecule has 3 aliphatic heterocycles. The first-order valence-electron chi connectivity index (χ1n) is 11.5. The number of thiophene rings is 1. The average molecular weight is 454 g/mol. The number of fused-ring (bicyclic) bond motifs is 2. The van der Waals surface area contributed by atoms with Gasteiger partial charge in [0.2, 0.25) is 0 Å². The fourth-order valence-electron chi connectivity index (χ4n) is 5.05. The Morgan fingerprint density at radius 2 is 1.94 bits per heavy atom. The zero-order chi connectivity index (χ0) is 21.7. The molecular weight excluding hydrogens is 426 g/mol. The lowest BCUT2D eigenvalue weighted by molar-refractivity contribution is 0.0603. The highest BCUT2D eigenvalue weighted by Crippen LogP contribution is 2.42. The summed E-state index contributed by atoms with van der Waals surface area (Å²) < 4.78 is 13.3. The summed E-state index contributed by atoms with van der Waals surface area (Å²) in [5.41, 5.74) is 2.88. The molecule has 32 heavy (non-hydrogen) atoms. The van der Waals surface area contributed by atoms with Gasteiger partial charge in [-0.2, -0.15) is 5.10 Å². The van der Waals surface area contributed by atoms with Gasteiger partial charge in [-0.3, -0.25) is 4.79 Å². The number of aromatic nitrogens is 3. The smallest absolute Gasteiger partial charge is 0.268 e. The van der Waals surface area contributed by atoms with Gasteiger partial charge in [0.1, 0.15) is 23.9 Å². The fraction of sp³-hybridized carbons (Fsp3) is 0.522.